The molecule has 2 heterocycles. The van der Waals surface area contributed by atoms with Crippen molar-refractivity contribution in [1.29, 1.82) is 0 Å². The van der Waals surface area contributed by atoms with Gasteiger partial charge in [0, 0.05) is 19.8 Å². The average molecular weight is 322 g/mol. The first-order valence-electron chi connectivity index (χ1n) is 7.56. The SMILES string of the molecule is Cc1cccn2c(=O)c(/C=N/O)c(N(C)Cc3ccccc3)nc12. The van der Waals surface area contributed by atoms with Gasteiger partial charge in [0.2, 0.25) is 0 Å². The second-order valence-electron chi connectivity index (χ2n) is 5.63. The Morgan fingerprint density at radius 3 is 2.71 bits per heavy atom. The van der Waals surface area contributed by atoms with Gasteiger partial charge in [-0.2, -0.15) is 0 Å². The number of fused-ring (bicyclic) bond motifs is 1. The van der Waals surface area contributed by atoms with E-state index in [0.717, 1.165) is 17.3 Å². The van der Waals surface area contributed by atoms with Crippen molar-refractivity contribution in [3.8, 4) is 0 Å². The molecule has 6 heteroatoms. The highest BCUT2D eigenvalue weighted by Gasteiger charge is 2.16. The molecule has 6 nitrogen and oxygen atoms in total. The zero-order valence-electron chi connectivity index (χ0n) is 13.5. The Bertz CT molecular complexity index is 948. The molecule has 0 fully saturated rings. The molecule has 0 aliphatic rings. The molecule has 122 valence electrons. The number of oxime groups is 1. The predicted molar refractivity (Wildman–Crippen MR) is 94.1 cm³/mol. The molecule has 2 aromatic heterocycles. The Morgan fingerprint density at radius 1 is 1.25 bits per heavy atom. The fraction of sp³-hybridized carbons (Fsp3) is 0.167. The van der Waals surface area contributed by atoms with Crippen LogP contribution in [0.3, 0.4) is 0 Å². The lowest BCUT2D eigenvalue weighted by molar-refractivity contribution is 0.322. The Hall–Kier alpha value is -3.15. The zero-order valence-corrected chi connectivity index (χ0v) is 13.5. The van der Waals surface area contributed by atoms with Gasteiger partial charge in [-0.25, -0.2) is 4.98 Å². The van der Waals surface area contributed by atoms with E-state index in [4.69, 9.17) is 5.21 Å². The molecule has 0 saturated heterocycles. The smallest absolute Gasteiger partial charge is 0.269 e. The normalized spacial score (nSPS) is 11.2. The van der Waals surface area contributed by atoms with Gasteiger partial charge in [-0.15, -0.1) is 0 Å². The van der Waals surface area contributed by atoms with Crippen molar-refractivity contribution in [3.05, 3.63) is 75.7 Å². The van der Waals surface area contributed by atoms with Crippen LogP contribution in [0.2, 0.25) is 0 Å². The van der Waals surface area contributed by atoms with Crippen molar-refractivity contribution in [2.75, 3.05) is 11.9 Å². The highest BCUT2D eigenvalue weighted by molar-refractivity contribution is 5.86. The Balaban J connectivity index is 2.16. The predicted octanol–water partition coefficient (Wildman–Crippen LogP) is 2.45. The first-order valence-corrected chi connectivity index (χ1v) is 7.56. The third-order valence-electron chi connectivity index (χ3n) is 3.88. The van der Waals surface area contributed by atoms with Crippen LogP contribution >= 0.6 is 0 Å². The largest absolute Gasteiger partial charge is 0.411 e. The molecular weight excluding hydrogens is 304 g/mol. The van der Waals surface area contributed by atoms with E-state index in [0.29, 0.717) is 18.0 Å². The lowest BCUT2D eigenvalue weighted by atomic mass is 10.2. The number of aryl methyl sites for hydroxylation is 1. The van der Waals surface area contributed by atoms with Gasteiger partial charge in [0.1, 0.15) is 17.0 Å². The van der Waals surface area contributed by atoms with E-state index in [2.05, 4.69) is 10.1 Å². The summed E-state index contributed by atoms with van der Waals surface area (Å²) in [6.45, 7) is 2.49. The van der Waals surface area contributed by atoms with Gasteiger partial charge in [0.25, 0.3) is 5.56 Å². The first kappa shape index (κ1) is 15.7. The van der Waals surface area contributed by atoms with Crippen LogP contribution in [0.4, 0.5) is 5.82 Å². The molecule has 24 heavy (non-hydrogen) atoms. The van der Waals surface area contributed by atoms with Crippen LogP contribution in [-0.4, -0.2) is 27.9 Å². The molecule has 0 bridgehead atoms. The Labute approximate surface area is 139 Å². The van der Waals surface area contributed by atoms with Gasteiger partial charge in [0.05, 0.1) is 6.21 Å². The fourth-order valence-electron chi connectivity index (χ4n) is 2.69. The molecule has 0 spiro atoms. The molecule has 1 N–H and O–H groups in total. The Morgan fingerprint density at radius 2 is 2.00 bits per heavy atom. The summed E-state index contributed by atoms with van der Waals surface area (Å²) in [5, 5.41) is 12.0. The first-order chi connectivity index (χ1) is 11.6. The van der Waals surface area contributed by atoms with Gasteiger partial charge in [-0.3, -0.25) is 9.20 Å². The third-order valence-corrected chi connectivity index (χ3v) is 3.88. The summed E-state index contributed by atoms with van der Waals surface area (Å²) in [6.07, 6.45) is 2.80. The zero-order chi connectivity index (χ0) is 17.1. The van der Waals surface area contributed by atoms with E-state index in [1.165, 1.54) is 4.40 Å². The maximum absolute atomic E-state index is 12.7. The maximum Gasteiger partial charge on any atom is 0.269 e. The fourth-order valence-corrected chi connectivity index (χ4v) is 2.69. The number of anilines is 1. The number of rotatable bonds is 4. The molecule has 0 atom stereocenters. The van der Waals surface area contributed by atoms with E-state index >= 15 is 0 Å². The number of benzene rings is 1. The van der Waals surface area contributed by atoms with Crippen molar-refractivity contribution in [3.63, 3.8) is 0 Å². The minimum atomic E-state index is -0.267. The minimum Gasteiger partial charge on any atom is -0.411 e. The van der Waals surface area contributed by atoms with Crippen molar-refractivity contribution in [1.82, 2.24) is 9.38 Å². The van der Waals surface area contributed by atoms with Crippen LogP contribution in [0.5, 0.6) is 0 Å². The van der Waals surface area contributed by atoms with Crippen LogP contribution in [0, 0.1) is 6.92 Å². The van der Waals surface area contributed by atoms with Gasteiger partial charge < -0.3 is 10.1 Å². The Kier molecular flexibility index (Phi) is 4.29. The van der Waals surface area contributed by atoms with Crippen molar-refractivity contribution in [2.24, 2.45) is 5.16 Å². The standard InChI is InChI=1S/C18H18N4O2/c1-13-7-6-10-22-16(13)20-17(15(11-19-24)18(22)23)21(2)12-14-8-4-3-5-9-14/h3-11,24H,12H2,1-2H3/b19-11+. The van der Waals surface area contributed by atoms with Crippen LogP contribution < -0.4 is 10.5 Å². The summed E-state index contributed by atoms with van der Waals surface area (Å²) < 4.78 is 1.46. The summed E-state index contributed by atoms with van der Waals surface area (Å²) in [5.74, 6) is 0.482. The van der Waals surface area contributed by atoms with Crippen LogP contribution in [0.25, 0.3) is 5.65 Å². The summed E-state index contributed by atoms with van der Waals surface area (Å²) >= 11 is 0. The monoisotopic (exact) mass is 322 g/mol. The molecule has 0 radical (unpaired) electrons. The van der Waals surface area contributed by atoms with Gasteiger partial charge >= 0.3 is 0 Å². The molecule has 0 saturated carbocycles. The average Bonchev–Trinajstić information content (AvgIpc) is 2.59. The van der Waals surface area contributed by atoms with Crippen molar-refractivity contribution < 1.29 is 5.21 Å². The molecule has 0 aliphatic heterocycles. The highest BCUT2D eigenvalue weighted by atomic mass is 16.4. The molecule has 3 aromatic rings. The molecule has 1 aromatic carbocycles. The van der Waals surface area contributed by atoms with E-state index in [1.54, 1.807) is 12.3 Å². The number of hydrogen-bond acceptors (Lipinski definition) is 5. The van der Waals surface area contributed by atoms with Crippen LogP contribution in [0.15, 0.2) is 58.6 Å². The second-order valence-corrected chi connectivity index (χ2v) is 5.63. The van der Waals surface area contributed by atoms with Crippen LogP contribution in [-0.2, 0) is 6.54 Å². The topological polar surface area (TPSA) is 70.2 Å². The molecule has 0 aliphatic carbocycles. The second kappa shape index (κ2) is 6.54. The van der Waals surface area contributed by atoms with Gasteiger partial charge in [0.15, 0.2) is 0 Å². The summed E-state index contributed by atoms with van der Waals surface area (Å²) in [4.78, 5) is 19.3. The highest BCUT2D eigenvalue weighted by Crippen LogP contribution is 2.17. The lowest BCUT2D eigenvalue weighted by Crippen LogP contribution is -2.27. The molecule has 3 rings (SSSR count). The maximum atomic E-state index is 12.7. The minimum absolute atomic E-state index is 0.249. The van der Waals surface area contributed by atoms with Crippen molar-refractivity contribution in [2.45, 2.75) is 13.5 Å². The summed E-state index contributed by atoms with van der Waals surface area (Å²) in [5.41, 5.74) is 2.57. The van der Waals surface area contributed by atoms with Gasteiger partial charge in [-0.05, 0) is 24.1 Å². The molecule has 0 unspecified atom stereocenters. The number of nitrogens with zero attached hydrogens (tertiary/aromatic N) is 4. The summed E-state index contributed by atoms with van der Waals surface area (Å²) in [6, 6.07) is 13.6. The van der Waals surface area contributed by atoms with E-state index in [-0.39, 0.29) is 11.1 Å². The van der Waals surface area contributed by atoms with Crippen molar-refractivity contribution >= 4 is 17.7 Å². The lowest BCUT2D eigenvalue weighted by Gasteiger charge is -2.21. The third kappa shape index (κ3) is 2.86. The van der Waals surface area contributed by atoms with E-state index in [9.17, 15) is 4.79 Å². The molecule has 0 amide bonds. The molecular formula is C18H18N4O2. The van der Waals surface area contributed by atoms with E-state index < -0.39 is 0 Å². The number of pyridine rings is 1. The van der Waals surface area contributed by atoms with Gasteiger partial charge in [-0.1, -0.05) is 41.6 Å². The van der Waals surface area contributed by atoms with E-state index in [1.807, 2.05) is 55.3 Å². The van der Waals surface area contributed by atoms with Crippen LogP contribution in [0.1, 0.15) is 16.7 Å². The quantitative estimate of drug-likeness (QED) is 0.455. The number of aromatic nitrogens is 2. The summed E-state index contributed by atoms with van der Waals surface area (Å²) in [7, 11) is 1.86. The number of hydrogen-bond donors (Lipinski definition) is 1.